The van der Waals surface area contributed by atoms with E-state index in [-0.39, 0.29) is 0 Å². The maximum Gasteiger partial charge on any atom is 0.244 e. The van der Waals surface area contributed by atoms with Gasteiger partial charge in [-0.2, -0.15) is 0 Å². The van der Waals surface area contributed by atoms with Crippen LogP contribution in [-0.4, -0.2) is 15.9 Å². The lowest BCUT2D eigenvalue weighted by molar-refractivity contribution is -0.118. The van der Waals surface area contributed by atoms with Gasteiger partial charge in [-0.3, -0.25) is 4.79 Å². The minimum Gasteiger partial charge on any atom is -0.368 e. The molecule has 0 bridgehead atoms. The average Bonchev–Trinajstić information content (AvgIpc) is 3.01. The first-order chi connectivity index (χ1) is 13.5. The van der Waals surface area contributed by atoms with Crippen LogP contribution in [0, 0.1) is 13.8 Å². The molecule has 1 amide bonds. The summed E-state index contributed by atoms with van der Waals surface area (Å²) in [5.74, 6) is 0.787. The number of nitrogens with zero attached hydrogens (tertiary/aromatic N) is 2. The number of benzene rings is 2. The predicted molar refractivity (Wildman–Crippen MR) is 114 cm³/mol. The van der Waals surface area contributed by atoms with Crippen molar-refractivity contribution in [2.24, 2.45) is 5.73 Å². The van der Waals surface area contributed by atoms with Crippen LogP contribution in [0.15, 0.2) is 60.7 Å². The number of fused-ring (bicyclic) bond motifs is 1. The Balaban J connectivity index is 1.88. The number of carbonyl (C=O) groups is 1. The van der Waals surface area contributed by atoms with Gasteiger partial charge >= 0.3 is 0 Å². The Morgan fingerprint density at radius 2 is 1.64 bits per heavy atom. The number of nitrogens with one attached hydrogen (secondary N) is 1. The van der Waals surface area contributed by atoms with Crippen molar-refractivity contribution in [2.75, 3.05) is 5.32 Å². The van der Waals surface area contributed by atoms with E-state index in [1.807, 2.05) is 67.6 Å². The van der Waals surface area contributed by atoms with Crippen LogP contribution in [0.25, 0.3) is 21.6 Å². The van der Waals surface area contributed by atoms with E-state index in [0.717, 1.165) is 26.9 Å². The Hall–Kier alpha value is -3.25. The number of anilines is 1. The van der Waals surface area contributed by atoms with Crippen molar-refractivity contribution in [1.29, 1.82) is 0 Å². The number of carbonyl (C=O) groups excluding carboxylic acids is 1. The number of nitrogens with two attached hydrogens (primary N) is 1. The van der Waals surface area contributed by atoms with E-state index >= 15 is 0 Å². The van der Waals surface area contributed by atoms with Gasteiger partial charge in [-0.25, -0.2) is 9.97 Å². The van der Waals surface area contributed by atoms with Crippen LogP contribution >= 0.6 is 11.3 Å². The summed E-state index contributed by atoms with van der Waals surface area (Å²) in [6.45, 7) is 4.11. The molecule has 4 rings (SSSR count). The van der Waals surface area contributed by atoms with Crippen LogP contribution in [0.4, 0.5) is 5.82 Å². The lowest BCUT2D eigenvalue weighted by Crippen LogP contribution is -2.28. The van der Waals surface area contributed by atoms with Crippen LogP contribution in [0.3, 0.4) is 0 Å². The first-order valence-corrected chi connectivity index (χ1v) is 9.80. The molecule has 0 aliphatic carbocycles. The van der Waals surface area contributed by atoms with Crippen LogP contribution in [-0.2, 0) is 4.79 Å². The zero-order valence-corrected chi connectivity index (χ0v) is 16.5. The molecule has 6 heteroatoms. The molecule has 2 aromatic carbocycles. The zero-order valence-electron chi connectivity index (χ0n) is 15.6. The van der Waals surface area contributed by atoms with Crippen molar-refractivity contribution in [3.05, 3.63) is 76.7 Å². The maximum absolute atomic E-state index is 12.2. The number of rotatable bonds is 5. The summed E-state index contributed by atoms with van der Waals surface area (Å²) in [6, 6.07) is 18.6. The number of primary amides is 1. The van der Waals surface area contributed by atoms with Gasteiger partial charge in [0, 0.05) is 10.4 Å². The molecule has 0 aliphatic rings. The molecule has 1 atom stereocenters. The minimum absolute atomic E-state index is 0.455. The van der Waals surface area contributed by atoms with E-state index in [2.05, 4.69) is 12.2 Å². The summed E-state index contributed by atoms with van der Waals surface area (Å²) >= 11 is 1.63. The van der Waals surface area contributed by atoms with Gasteiger partial charge in [-0.1, -0.05) is 60.7 Å². The maximum atomic E-state index is 12.2. The van der Waals surface area contributed by atoms with Gasteiger partial charge in [-0.15, -0.1) is 11.3 Å². The van der Waals surface area contributed by atoms with Gasteiger partial charge in [0.25, 0.3) is 0 Å². The Morgan fingerprint density at radius 3 is 2.29 bits per heavy atom. The number of aromatic nitrogens is 2. The van der Waals surface area contributed by atoms with Gasteiger partial charge in [0.2, 0.25) is 5.91 Å². The van der Waals surface area contributed by atoms with Crippen LogP contribution < -0.4 is 11.1 Å². The summed E-state index contributed by atoms with van der Waals surface area (Å²) in [4.78, 5) is 23.8. The minimum atomic E-state index is -0.678. The molecular formula is C22H20N4OS. The molecule has 0 unspecified atom stereocenters. The Kier molecular flexibility index (Phi) is 4.79. The summed E-state index contributed by atoms with van der Waals surface area (Å²) in [5.41, 5.74) is 8.54. The quantitative estimate of drug-likeness (QED) is 0.523. The summed E-state index contributed by atoms with van der Waals surface area (Å²) in [7, 11) is 0. The van der Waals surface area contributed by atoms with E-state index in [0.29, 0.717) is 11.6 Å². The molecule has 0 aliphatic heterocycles. The van der Waals surface area contributed by atoms with Crippen LogP contribution in [0.1, 0.15) is 22.0 Å². The Bertz CT molecular complexity index is 1140. The number of thiophene rings is 1. The van der Waals surface area contributed by atoms with Crippen molar-refractivity contribution in [2.45, 2.75) is 19.9 Å². The highest BCUT2D eigenvalue weighted by atomic mass is 32.1. The van der Waals surface area contributed by atoms with Gasteiger partial charge in [0.05, 0.1) is 5.39 Å². The molecule has 0 fully saturated rings. The second-order valence-corrected chi connectivity index (χ2v) is 7.82. The van der Waals surface area contributed by atoms with Crippen LogP contribution in [0.2, 0.25) is 0 Å². The average molecular weight is 388 g/mol. The van der Waals surface area contributed by atoms with E-state index in [1.165, 1.54) is 4.88 Å². The molecule has 28 heavy (non-hydrogen) atoms. The Labute approximate surface area is 167 Å². The monoisotopic (exact) mass is 388 g/mol. The second kappa shape index (κ2) is 7.40. The number of aryl methyl sites for hydroxylation is 2. The third-order valence-corrected chi connectivity index (χ3v) is 5.86. The van der Waals surface area contributed by atoms with Crippen LogP contribution in [0.5, 0.6) is 0 Å². The first-order valence-electron chi connectivity index (χ1n) is 8.98. The fourth-order valence-corrected chi connectivity index (χ4v) is 4.20. The molecule has 3 N–H and O–H groups in total. The molecule has 140 valence electrons. The van der Waals surface area contributed by atoms with E-state index in [4.69, 9.17) is 15.7 Å². The molecule has 0 saturated heterocycles. The smallest absolute Gasteiger partial charge is 0.244 e. The Morgan fingerprint density at radius 1 is 1.00 bits per heavy atom. The summed E-state index contributed by atoms with van der Waals surface area (Å²) in [6.07, 6.45) is 0. The fourth-order valence-electron chi connectivity index (χ4n) is 3.17. The number of amides is 1. The third kappa shape index (κ3) is 3.34. The highest BCUT2D eigenvalue weighted by Gasteiger charge is 2.22. The molecule has 0 spiro atoms. The topological polar surface area (TPSA) is 80.9 Å². The zero-order chi connectivity index (χ0) is 19.7. The molecule has 5 nitrogen and oxygen atoms in total. The molecular weight excluding hydrogens is 368 g/mol. The lowest BCUT2D eigenvalue weighted by Gasteiger charge is -2.18. The van der Waals surface area contributed by atoms with E-state index in [1.54, 1.807) is 11.3 Å². The highest BCUT2D eigenvalue weighted by Crippen LogP contribution is 2.36. The van der Waals surface area contributed by atoms with Gasteiger partial charge < -0.3 is 11.1 Å². The van der Waals surface area contributed by atoms with Gasteiger partial charge in [-0.05, 0) is 25.0 Å². The van der Waals surface area contributed by atoms with E-state index < -0.39 is 11.9 Å². The van der Waals surface area contributed by atoms with Gasteiger partial charge in [0.1, 0.15) is 16.7 Å². The number of hydrogen-bond donors (Lipinski definition) is 2. The van der Waals surface area contributed by atoms with Gasteiger partial charge in [0.15, 0.2) is 5.82 Å². The molecule has 0 saturated carbocycles. The normalized spacial score (nSPS) is 12.1. The standard InChI is InChI=1S/C22H20N4OS/c1-13-14(2)28-22-17(13)21(25-20(26-22)16-11-7-4-8-12-16)24-18(19(23)27)15-9-5-3-6-10-15/h3-12,18H,1-2H3,(H2,23,27)(H,24,25,26)/t18-/m0/s1. The summed E-state index contributed by atoms with van der Waals surface area (Å²) < 4.78 is 0. The summed E-state index contributed by atoms with van der Waals surface area (Å²) in [5, 5.41) is 4.22. The SMILES string of the molecule is Cc1sc2nc(-c3ccccc3)nc(N[C@H](C(N)=O)c3ccccc3)c2c1C. The number of hydrogen-bond acceptors (Lipinski definition) is 5. The molecule has 0 radical (unpaired) electrons. The fraction of sp³-hybridized carbons (Fsp3) is 0.136. The molecule has 2 heterocycles. The van der Waals surface area contributed by atoms with Crippen molar-refractivity contribution in [3.8, 4) is 11.4 Å². The second-order valence-electron chi connectivity index (χ2n) is 6.62. The van der Waals surface area contributed by atoms with E-state index in [9.17, 15) is 4.79 Å². The third-order valence-electron chi connectivity index (χ3n) is 4.76. The first kappa shape index (κ1) is 18.1. The van der Waals surface area contributed by atoms with Crippen molar-refractivity contribution in [3.63, 3.8) is 0 Å². The van der Waals surface area contributed by atoms with Crippen molar-refractivity contribution in [1.82, 2.24) is 9.97 Å². The largest absolute Gasteiger partial charge is 0.368 e. The van der Waals surface area contributed by atoms with Crippen molar-refractivity contribution >= 4 is 33.3 Å². The highest BCUT2D eigenvalue weighted by molar-refractivity contribution is 7.18. The lowest BCUT2D eigenvalue weighted by atomic mass is 10.1. The van der Waals surface area contributed by atoms with Crippen molar-refractivity contribution < 1.29 is 4.79 Å². The molecule has 2 aromatic heterocycles. The predicted octanol–water partition coefficient (Wildman–Crippen LogP) is 4.61. The molecule has 4 aromatic rings.